The zero-order chi connectivity index (χ0) is 13.1. The molecular weight excluding hydrogens is 280 g/mol. The molecule has 1 aliphatic heterocycles. The SMILES string of the molecule is CC(C)CCN1CCN(C(=O)C(C)(C)Br)CC1. The third kappa shape index (κ3) is 4.96. The normalized spacial score (nSPS) is 18.8. The molecule has 0 aromatic carbocycles. The smallest absolute Gasteiger partial charge is 0.238 e. The van der Waals surface area contributed by atoms with Crippen LogP contribution in [0.2, 0.25) is 0 Å². The van der Waals surface area contributed by atoms with Gasteiger partial charge < -0.3 is 4.90 Å². The largest absolute Gasteiger partial charge is 0.339 e. The molecule has 1 aliphatic rings. The molecule has 100 valence electrons. The maximum Gasteiger partial charge on any atom is 0.238 e. The molecule has 1 amide bonds. The molecule has 0 aromatic heterocycles. The van der Waals surface area contributed by atoms with Crippen molar-refractivity contribution < 1.29 is 4.79 Å². The number of hydrogen-bond acceptors (Lipinski definition) is 2. The molecule has 0 aliphatic carbocycles. The van der Waals surface area contributed by atoms with E-state index in [1.54, 1.807) is 0 Å². The van der Waals surface area contributed by atoms with Crippen molar-refractivity contribution in [3.05, 3.63) is 0 Å². The van der Waals surface area contributed by atoms with Crippen molar-refractivity contribution in [1.29, 1.82) is 0 Å². The minimum absolute atomic E-state index is 0.209. The Balaban J connectivity index is 2.33. The number of alkyl halides is 1. The average Bonchev–Trinajstić information content (AvgIpc) is 2.25. The summed E-state index contributed by atoms with van der Waals surface area (Å²) >= 11 is 3.44. The van der Waals surface area contributed by atoms with E-state index in [1.807, 2.05) is 18.7 Å². The lowest BCUT2D eigenvalue weighted by atomic mass is 10.1. The first kappa shape index (κ1) is 15.0. The lowest BCUT2D eigenvalue weighted by molar-refractivity contribution is -0.134. The van der Waals surface area contributed by atoms with Crippen LogP contribution >= 0.6 is 15.9 Å². The van der Waals surface area contributed by atoms with Gasteiger partial charge in [0.15, 0.2) is 0 Å². The van der Waals surface area contributed by atoms with Gasteiger partial charge in [-0.25, -0.2) is 0 Å². The summed E-state index contributed by atoms with van der Waals surface area (Å²) in [6.07, 6.45) is 1.25. The fourth-order valence-corrected chi connectivity index (χ4v) is 2.24. The van der Waals surface area contributed by atoms with E-state index in [9.17, 15) is 4.79 Å². The van der Waals surface area contributed by atoms with Crippen LogP contribution < -0.4 is 0 Å². The minimum atomic E-state index is -0.424. The van der Waals surface area contributed by atoms with Crippen LogP contribution in [-0.2, 0) is 4.79 Å². The summed E-state index contributed by atoms with van der Waals surface area (Å²) in [4.78, 5) is 16.5. The Hall–Kier alpha value is -0.0900. The van der Waals surface area contributed by atoms with Crippen LogP contribution in [-0.4, -0.2) is 52.8 Å². The fraction of sp³-hybridized carbons (Fsp3) is 0.923. The summed E-state index contributed by atoms with van der Waals surface area (Å²) in [6.45, 7) is 13.3. The van der Waals surface area contributed by atoms with E-state index < -0.39 is 4.32 Å². The molecular formula is C13H25BrN2O. The van der Waals surface area contributed by atoms with Gasteiger partial charge in [0, 0.05) is 26.2 Å². The van der Waals surface area contributed by atoms with Crippen molar-refractivity contribution in [3.63, 3.8) is 0 Å². The molecule has 0 N–H and O–H groups in total. The summed E-state index contributed by atoms with van der Waals surface area (Å²) in [5.41, 5.74) is 0. The maximum absolute atomic E-state index is 12.1. The highest BCUT2D eigenvalue weighted by Gasteiger charge is 2.30. The molecule has 3 nitrogen and oxygen atoms in total. The molecule has 0 radical (unpaired) electrons. The number of rotatable bonds is 4. The van der Waals surface area contributed by atoms with E-state index in [0.29, 0.717) is 0 Å². The van der Waals surface area contributed by atoms with Crippen molar-refractivity contribution in [3.8, 4) is 0 Å². The Morgan fingerprint density at radius 2 is 1.76 bits per heavy atom. The quantitative estimate of drug-likeness (QED) is 0.744. The molecule has 0 aromatic rings. The zero-order valence-corrected chi connectivity index (χ0v) is 13.1. The van der Waals surface area contributed by atoms with Crippen LogP contribution in [0, 0.1) is 5.92 Å². The molecule has 0 saturated carbocycles. The van der Waals surface area contributed by atoms with Crippen LogP contribution in [0.5, 0.6) is 0 Å². The molecule has 4 heteroatoms. The van der Waals surface area contributed by atoms with Gasteiger partial charge in [0.25, 0.3) is 0 Å². The highest BCUT2D eigenvalue weighted by molar-refractivity contribution is 9.10. The Labute approximate surface area is 114 Å². The number of nitrogens with zero attached hydrogens (tertiary/aromatic N) is 2. The van der Waals surface area contributed by atoms with Crippen LogP contribution in [0.25, 0.3) is 0 Å². The van der Waals surface area contributed by atoms with Crippen molar-refractivity contribution in [1.82, 2.24) is 9.80 Å². The van der Waals surface area contributed by atoms with Crippen LogP contribution in [0.1, 0.15) is 34.1 Å². The number of piperazine rings is 1. The monoisotopic (exact) mass is 304 g/mol. The van der Waals surface area contributed by atoms with Crippen LogP contribution in [0.3, 0.4) is 0 Å². The standard InChI is InChI=1S/C13H25BrN2O/c1-11(2)5-6-15-7-9-16(10-8-15)12(17)13(3,4)14/h11H,5-10H2,1-4H3. The first-order chi connectivity index (χ1) is 7.80. The van der Waals surface area contributed by atoms with Crippen LogP contribution in [0.4, 0.5) is 0 Å². The van der Waals surface area contributed by atoms with E-state index in [0.717, 1.165) is 38.6 Å². The molecule has 1 saturated heterocycles. The number of carbonyl (C=O) groups excluding carboxylic acids is 1. The van der Waals surface area contributed by atoms with E-state index >= 15 is 0 Å². The molecule has 17 heavy (non-hydrogen) atoms. The van der Waals surface area contributed by atoms with Crippen LogP contribution in [0.15, 0.2) is 0 Å². The number of carbonyl (C=O) groups is 1. The predicted molar refractivity (Wildman–Crippen MR) is 75.5 cm³/mol. The van der Waals surface area contributed by atoms with Gasteiger partial charge in [-0.05, 0) is 32.7 Å². The second-order valence-electron chi connectivity index (χ2n) is 5.79. The summed E-state index contributed by atoms with van der Waals surface area (Å²) in [5, 5.41) is 0. The molecule has 0 spiro atoms. The lowest BCUT2D eigenvalue weighted by Crippen LogP contribution is -2.52. The Morgan fingerprint density at radius 3 is 2.18 bits per heavy atom. The number of halogens is 1. The summed E-state index contributed by atoms with van der Waals surface area (Å²) in [6, 6.07) is 0. The molecule has 1 fully saturated rings. The van der Waals surface area contributed by atoms with Gasteiger partial charge in [-0.15, -0.1) is 0 Å². The van der Waals surface area contributed by atoms with Crippen molar-refractivity contribution >= 4 is 21.8 Å². The molecule has 0 atom stereocenters. The highest BCUT2D eigenvalue weighted by atomic mass is 79.9. The van der Waals surface area contributed by atoms with Crippen molar-refractivity contribution in [2.24, 2.45) is 5.92 Å². The Bertz CT molecular complexity index is 253. The topological polar surface area (TPSA) is 23.6 Å². The summed E-state index contributed by atoms with van der Waals surface area (Å²) < 4.78 is -0.424. The van der Waals surface area contributed by atoms with E-state index in [-0.39, 0.29) is 5.91 Å². The number of hydrogen-bond donors (Lipinski definition) is 0. The predicted octanol–water partition coefficient (Wildman–Crippen LogP) is 2.35. The first-order valence-electron chi connectivity index (χ1n) is 6.51. The van der Waals surface area contributed by atoms with Gasteiger partial charge in [0.05, 0.1) is 4.32 Å². The van der Waals surface area contributed by atoms with Crippen molar-refractivity contribution in [2.75, 3.05) is 32.7 Å². The third-order valence-corrected chi connectivity index (χ3v) is 3.53. The van der Waals surface area contributed by atoms with Gasteiger partial charge in [-0.1, -0.05) is 29.8 Å². The second kappa shape index (κ2) is 6.19. The van der Waals surface area contributed by atoms with Gasteiger partial charge >= 0.3 is 0 Å². The lowest BCUT2D eigenvalue weighted by Gasteiger charge is -2.37. The van der Waals surface area contributed by atoms with E-state index in [2.05, 4.69) is 34.7 Å². The third-order valence-electron chi connectivity index (χ3n) is 3.19. The Kier molecular flexibility index (Phi) is 5.45. The summed E-state index contributed by atoms with van der Waals surface area (Å²) in [7, 11) is 0. The van der Waals surface area contributed by atoms with Gasteiger partial charge in [-0.3, -0.25) is 9.69 Å². The molecule has 0 unspecified atom stereocenters. The highest BCUT2D eigenvalue weighted by Crippen LogP contribution is 2.20. The van der Waals surface area contributed by atoms with Gasteiger partial charge in [-0.2, -0.15) is 0 Å². The van der Waals surface area contributed by atoms with E-state index in [1.165, 1.54) is 6.42 Å². The first-order valence-corrected chi connectivity index (χ1v) is 7.30. The molecule has 0 bridgehead atoms. The summed E-state index contributed by atoms with van der Waals surface area (Å²) in [5.74, 6) is 0.970. The van der Waals surface area contributed by atoms with Crippen molar-refractivity contribution in [2.45, 2.75) is 38.4 Å². The minimum Gasteiger partial charge on any atom is -0.339 e. The number of amides is 1. The van der Waals surface area contributed by atoms with Gasteiger partial charge in [0.2, 0.25) is 5.91 Å². The molecule has 1 rings (SSSR count). The fourth-order valence-electron chi connectivity index (χ4n) is 1.99. The maximum atomic E-state index is 12.1. The molecule has 1 heterocycles. The van der Waals surface area contributed by atoms with Gasteiger partial charge in [0.1, 0.15) is 0 Å². The zero-order valence-electron chi connectivity index (χ0n) is 11.5. The average molecular weight is 305 g/mol. The second-order valence-corrected chi connectivity index (χ2v) is 7.77. The van der Waals surface area contributed by atoms with E-state index in [4.69, 9.17) is 0 Å². The Morgan fingerprint density at radius 1 is 1.24 bits per heavy atom.